The molecule has 2 aliphatic rings. The van der Waals surface area contributed by atoms with E-state index in [-0.39, 0.29) is 19.3 Å². The first-order valence-electron chi connectivity index (χ1n) is 8.10. The minimum absolute atomic E-state index is 0.0259. The maximum Gasteiger partial charge on any atom is 0.260 e. The molecule has 1 atom stereocenters. The Kier molecular flexibility index (Phi) is 4.61. The highest BCUT2D eigenvalue weighted by Gasteiger charge is 2.28. The Bertz CT molecular complexity index is 576. The molecule has 0 radical (unpaired) electrons. The molecule has 0 aliphatic carbocycles. The third-order valence-corrected chi connectivity index (χ3v) is 4.40. The van der Waals surface area contributed by atoms with Crippen molar-refractivity contribution >= 4 is 5.91 Å². The molecule has 2 aliphatic heterocycles. The van der Waals surface area contributed by atoms with Gasteiger partial charge in [0.15, 0.2) is 18.1 Å². The van der Waals surface area contributed by atoms with Crippen LogP contribution in [0.4, 0.5) is 0 Å². The predicted molar refractivity (Wildman–Crippen MR) is 85.9 cm³/mol. The highest BCUT2D eigenvalue weighted by atomic mass is 16.7. The largest absolute Gasteiger partial charge is 0.484 e. The number of hydrogen-bond donors (Lipinski definition) is 0. The van der Waals surface area contributed by atoms with E-state index in [1.165, 1.54) is 0 Å². The summed E-state index contributed by atoms with van der Waals surface area (Å²) in [5.41, 5.74) is 0. The summed E-state index contributed by atoms with van der Waals surface area (Å²) >= 11 is 0. The number of fused-ring (bicyclic) bond motifs is 1. The molecule has 3 rings (SSSR count). The van der Waals surface area contributed by atoms with E-state index in [2.05, 4.69) is 25.7 Å². The van der Waals surface area contributed by atoms with Gasteiger partial charge in [0.1, 0.15) is 5.75 Å². The second-order valence-corrected chi connectivity index (χ2v) is 6.32. The lowest BCUT2D eigenvalue weighted by Crippen LogP contribution is -2.56. The fraction of sp³-hybridized carbons (Fsp3) is 0.588. The van der Waals surface area contributed by atoms with E-state index in [9.17, 15) is 4.79 Å². The number of amides is 1. The molecule has 0 spiro atoms. The van der Waals surface area contributed by atoms with Gasteiger partial charge in [0.25, 0.3) is 5.91 Å². The van der Waals surface area contributed by atoms with E-state index < -0.39 is 0 Å². The number of hydrogen-bond acceptors (Lipinski definition) is 5. The number of carbonyl (C=O) groups excluding carboxylic acids is 1. The van der Waals surface area contributed by atoms with Gasteiger partial charge in [-0.15, -0.1) is 0 Å². The van der Waals surface area contributed by atoms with E-state index in [1.54, 1.807) is 18.2 Å². The first-order chi connectivity index (χ1) is 11.0. The quantitative estimate of drug-likeness (QED) is 0.846. The molecular formula is C17H24N2O4. The molecule has 1 saturated heterocycles. The molecule has 1 amide bonds. The first-order valence-corrected chi connectivity index (χ1v) is 8.10. The van der Waals surface area contributed by atoms with Gasteiger partial charge in [-0.2, -0.15) is 0 Å². The van der Waals surface area contributed by atoms with Crippen LogP contribution in [0, 0.1) is 0 Å². The average Bonchev–Trinajstić information content (AvgIpc) is 2.99. The topological polar surface area (TPSA) is 51.2 Å². The van der Waals surface area contributed by atoms with Crippen molar-refractivity contribution in [1.82, 2.24) is 9.80 Å². The molecule has 6 heteroatoms. The van der Waals surface area contributed by atoms with Crippen LogP contribution in [0.25, 0.3) is 0 Å². The molecule has 0 saturated carbocycles. The van der Waals surface area contributed by atoms with Gasteiger partial charge in [0.05, 0.1) is 0 Å². The van der Waals surface area contributed by atoms with Crippen molar-refractivity contribution in [3.8, 4) is 17.2 Å². The second kappa shape index (κ2) is 6.66. The second-order valence-electron chi connectivity index (χ2n) is 6.32. The molecule has 2 heterocycles. The number of nitrogens with zero attached hydrogens (tertiary/aromatic N) is 2. The molecule has 23 heavy (non-hydrogen) atoms. The summed E-state index contributed by atoms with van der Waals surface area (Å²) in [7, 11) is 0. The Morgan fingerprint density at radius 1 is 1.30 bits per heavy atom. The lowest BCUT2D eigenvalue weighted by molar-refractivity contribution is -0.136. The predicted octanol–water partition coefficient (Wildman–Crippen LogP) is 1.74. The Hall–Kier alpha value is -1.95. The third kappa shape index (κ3) is 3.52. The van der Waals surface area contributed by atoms with Gasteiger partial charge in [0, 0.05) is 37.8 Å². The van der Waals surface area contributed by atoms with E-state index in [4.69, 9.17) is 14.2 Å². The standard InChI is InChI=1S/C17H24N2O4/c1-12(2)19-7-6-18(9-13(19)3)17(20)10-21-14-4-5-15-16(8-14)23-11-22-15/h4-5,8,12-13H,6-7,9-11H2,1-3H3/t13-/m0/s1. The van der Waals surface area contributed by atoms with Gasteiger partial charge in [-0.05, 0) is 32.9 Å². The van der Waals surface area contributed by atoms with Gasteiger partial charge in [-0.1, -0.05) is 0 Å². The Labute approximate surface area is 136 Å². The fourth-order valence-electron chi connectivity index (χ4n) is 3.17. The Balaban J connectivity index is 1.52. The number of ether oxygens (including phenoxy) is 3. The van der Waals surface area contributed by atoms with Gasteiger partial charge in [-0.25, -0.2) is 0 Å². The van der Waals surface area contributed by atoms with Crippen LogP contribution in [0.1, 0.15) is 20.8 Å². The molecule has 126 valence electrons. The van der Waals surface area contributed by atoms with Crippen LogP contribution < -0.4 is 14.2 Å². The fourth-order valence-corrected chi connectivity index (χ4v) is 3.17. The molecule has 0 unspecified atom stereocenters. The summed E-state index contributed by atoms with van der Waals surface area (Å²) in [6, 6.07) is 6.23. The van der Waals surface area contributed by atoms with Crippen LogP contribution >= 0.6 is 0 Å². The van der Waals surface area contributed by atoms with Crippen molar-refractivity contribution in [2.45, 2.75) is 32.9 Å². The average molecular weight is 320 g/mol. The molecule has 1 aromatic carbocycles. The lowest BCUT2D eigenvalue weighted by Gasteiger charge is -2.42. The number of rotatable bonds is 4. The van der Waals surface area contributed by atoms with Gasteiger partial charge in [0.2, 0.25) is 6.79 Å². The van der Waals surface area contributed by atoms with Crippen molar-refractivity contribution in [3.63, 3.8) is 0 Å². The summed E-state index contributed by atoms with van der Waals surface area (Å²) < 4.78 is 16.2. The zero-order valence-corrected chi connectivity index (χ0v) is 13.9. The van der Waals surface area contributed by atoms with E-state index in [1.807, 2.05) is 4.90 Å². The normalized spacial score (nSPS) is 20.9. The molecule has 6 nitrogen and oxygen atoms in total. The van der Waals surface area contributed by atoms with Crippen LogP contribution in [0.5, 0.6) is 17.2 Å². The van der Waals surface area contributed by atoms with Crippen LogP contribution in [0.2, 0.25) is 0 Å². The maximum absolute atomic E-state index is 12.4. The van der Waals surface area contributed by atoms with Crippen molar-refractivity contribution in [2.75, 3.05) is 33.0 Å². The summed E-state index contributed by atoms with van der Waals surface area (Å²) in [6.07, 6.45) is 0. The van der Waals surface area contributed by atoms with Gasteiger partial charge in [-0.3, -0.25) is 9.69 Å². The molecule has 0 N–H and O–H groups in total. The van der Waals surface area contributed by atoms with Crippen molar-refractivity contribution < 1.29 is 19.0 Å². The Morgan fingerprint density at radius 2 is 2.09 bits per heavy atom. The summed E-state index contributed by atoms with van der Waals surface area (Å²) in [5, 5.41) is 0. The van der Waals surface area contributed by atoms with Gasteiger partial charge >= 0.3 is 0 Å². The van der Waals surface area contributed by atoms with Crippen molar-refractivity contribution in [2.24, 2.45) is 0 Å². The summed E-state index contributed by atoms with van der Waals surface area (Å²) in [6.45, 7) is 9.25. The Morgan fingerprint density at radius 3 is 2.83 bits per heavy atom. The third-order valence-electron chi connectivity index (χ3n) is 4.40. The molecule has 0 bridgehead atoms. The van der Waals surface area contributed by atoms with Crippen LogP contribution in [0.3, 0.4) is 0 Å². The van der Waals surface area contributed by atoms with Gasteiger partial charge < -0.3 is 19.1 Å². The number of carbonyl (C=O) groups is 1. The zero-order valence-electron chi connectivity index (χ0n) is 13.9. The lowest BCUT2D eigenvalue weighted by atomic mass is 10.1. The highest BCUT2D eigenvalue weighted by molar-refractivity contribution is 5.78. The monoisotopic (exact) mass is 320 g/mol. The molecule has 1 fully saturated rings. The van der Waals surface area contributed by atoms with Crippen LogP contribution in [-0.4, -0.2) is 60.8 Å². The minimum atomic E-state index is 0.0259. The number of benzene rings is 1. The smallest absolute Gasteiger partial charge is 0.260 e. The maximum atomic E-state index is 12.4. The van der Waals surface area contributed by atoms with Crippen molar-refractivity contribution in [1.29, 1.82) is 0 Å². The summed E-state index contributed by atoms with van der Waals surface area (Å²) in [5.74, 6) is 2.02. The molecule has 1 aromatic rings. The van der Waals surface area contributed by atoms with E-state index >= 15 is 0 Å². The number of piperazine rings is 1. The highest BCUT2D eigenvalue weighted by Crippen LogP contribution is 2.35. The minimum Gasteiger partial charge on any atom is -0.484 e. The van der Waals surface area contributed by atoms with Crippen molar-refractivity contribution in [3.05, 3.63) is 18.2 Å². The van der Waals surface area contributed by atoms with E-state index in [0.29, 0.717) is 29.3 Å². The van der Waals surface area contributed by atoms with Crippen LogP contribution in [0.15, 0.2) is 18.2 Å². The first kappa shape index (κ1) is 15.9. The SMILES string of the molecule is CC(C)N1CCN(C(=O)COc2ccc3c(c2)OCO3)C[C@@H]1C. The van der Waals surface area contributed by atoms with Crippen LogP contribution in [-0.2, 0) is 4.79 Å². The molecule has 0 aromatic heterocycles. The molecular weight excluding hydrogens is 296 g/mol. The zero-order chi connectivity index (χ0) is 16.4. The summed E-state index contributed by atoms with van der Waals surface area (Å²) in [4.78, 5) is 16.7. The van der Waals surface area contributed by atoms with E-state index in [0.717, 1.165) is 19.6 Å².